The average molecular weight is 275 g/mol. The fourth-order valence-electron chi connectivity index (χ4n) is 3.79. The molecule has 4 rings (SSSR count). The van der Waals surface area contributed by atoms with Crippen LogP contribution in [0.3, 0.4) is 0 Å². The lowest BCUT2D eigenvalue weighted by Crippen LogP contribution is -2.64. The number of hydrogen-bond donors (Lipinski definition) is 1. The number of nitrogens with zero attached hydrogens (tertiary/aromatic N) is 4. The Morgan fingerprint density at radius 1 is 1.35 bits per heavy atom. The van der Waals surface area contributed by atoms with E-state index in [0.717, 1.165) is 30.6 Å². The zero-order valence-corrected chi connectivity index (χ0v) is 12.5. The van der Waals surface area contributed by atoms with Gasteiger partial charge in [-0.1, -0.05) is 5.21 Å². The first-order valence-corrected chi connectivity index (χ1v) is 7.99. The summed E-state index contributed by atoms with van der Waals surface area (Å²) in [4.78, 5) is 2.69. The maximum absolute atomic E-state index is 4.29. The minimum atomic E-state index is 0.308. The Labute approximate surface area is 120 Å². The Balaban J connectivity index is 1.53. The van der Waals surface area contributed by atoms with Gasteiger partial charge in [-0.15, -0.1) is 5.10 Å². The fraction of sp³-hybridized carbons (Fsp3) is 0.867. The summed E-state index contributed by atoms with van der Waals surface area (Å²) in [6.07, 6.45) is 7.67. The maximum atomic E-state index is 4.29. The van der Waals surface area contributed by atoms with Crippen LogP contribution in [0.2, 0.25) is 0 Å². The first kappa shape index (κ1) is 12.8. The van der Waals surface area contributed by atoms with Gasteiger partial charge in [-0.25, -0.2) is 0 Å². The monoisotopic (exact) mass is 275 g/mol. The van der Waals surface area contributed by atoms with Crippen LogP contribution in [0, 0.1) is 11.8 Å². The molecule has 1 saturated heterocycles. The SMILES string of the molecule is Cn1cc(CN2CC(C3CC3)NCC2(C)C2CC2)nn1. The van der Waals surface area contributed by atoms with Crippen molar-refractivity contribution < 1.29 is 0 Å². The third kappa shape index (κ3) is 2.27. The number of rotatable bonds is 4. The van der Waals surface area contributed by atoms with Crippen molar-refractivity contribution in [3.8, 4) is 0 Å². The average Bonchev–Trinajstić information content (AvgIpc) is 3.31. The van der Waals surface area contributed by atoms with E-state index in [1.165, 1.54) is 32.2 Å². The van der Waals surface area contributed by atoms with Gasteiger partial charge in [0.05, 0.1) is 5.69 Å². The molecule has 0 bridgehead atoms. The Hall–Kier alpha value is -0.940. The van der Waals surface area contributed by atoms with Crippen LogP contribution in [0.1, 0.15) is 38.3 Å². The molecule has 2 unspecified atom stereocenters. The van der Waals surface area contributed by atoms with Gasteiger partial charge in [0.1, 0.15) is 0 Å². The second-order valence-corrected chi connectivity index (χ2v) is 7.22. The highest BCUT2D eigenvalue weighted by molar-refractivity contribution is 5.08. The van der Waals surface area contributed by atoms with Crippen LogP contribution in [0.15, 0.2) is 6.20 Å². The van der Waals surface area contributed by atoms with E-state index in [0.29, 0.717) is 11.6 Å². The van der Waals surface area contributed by atoms with Gasteiger partial charge in [0.15, 0.2) is 0 Å². The molecule has 2 aliphatic carbocycles. The molecule has 110 valence electrons. The van der Waals surface area contributed by atoms with Gasteiger partial charge in [-0.2, -0.15) is 0 Å². The summed E-state index contributed by atoms with van der Waals surface area (Å²) in [5.41, 5.74) is 1.42. The lowest BCUT2D eigenvalue weighted by molar-refractivity contribution is 0.0224. The Morgan fingerprint density at radius 3 is 2.75 bits per heavy atom. The molecule has 1 N–H and O–H groups in total. The van der Waals surface area contributed by atoms with Crippen LogP contribution in [-0.4, -0.2) is 44.6 Å². The summed E-state index contributed by atoms with van der Waals surface area (Å²) in [5, 5.41) is 12.2. The van der Waals surface area contributed by atoms with Crippen molar-refractivity contribution in [2.75, 3.05) is 13.1 Å². The van der Waals surface area contributed by atoms with E-state index >= 15 is 0 Å². The third-order valence-electron chi connectivity index (χ3n) is 5.51. The van der Waals surface area contributed by atoms with E-state index in [1.807, 2.05) is 11.7 Å². The summed E-state index contributed by atoms with van der Waals surface area (Å²) in [5.74, 6) is 1.79. The molecular formula is C15H25N5. The predicted molar refractivity (Wildman–Crippen MR) is 77.1 cm³/mol. The van der Waals surface area contributed by atoms with E-state index in [9.17, 15) is 0 Å². The van der Waals surface area contributed by atoms with Crippen LogP contribution in [0.25, 0.3) is 0 Å². The molecule has 5 heteroatoms. The molecule has 2 saturated carbocycles. The van der Waals surface area contributed by atoms with Crippen LogP contribution in [-0.2, 0) is 13.6 Å². The minimum absolute atomic E-state index is 0.308. The van der Waals surface area contributed by atoms with E-state index in [4.69, 9.17) is 0 Å². The molecule has 0 aromatic carbocycles. The van der Waals surface area contributed by atoms with Gasteiger partial charge < -0.3 is 5.32 Å². The van der Waals surface area contributed by atoms with Crippen LogP contribution < -0.4 is 5.32 Å². The molecule has 3 aliphatic rings. The lowest BCUT2D eigenvalue weighted by Gasteiger charge is -2.48. The van der Waals surface area contributed by atoms with Gasteiger partial charge in [0, 0.05) is 44.5 Å². The van der Waals surface area contributed by atoms with Crippen molar-refractivity contribution in [1.82, 2.24) is 25.2 Å². The molecule has 0 amide bonds. The number of nitrogens with one attached hydrogen (secondary N) is 1. The molecule has 3 fully saturated rings. The number of aromatic nitrogens is 3. The molecule has 1 aromatic rings. The number of aryl methyl sites for hydroxylation is 1. The van der Waals surface area contributed by atoms with Crippen molar-refractivity contribution in [2.24, 2.45) is 18.9 Å². The molecule has 1 aliphatic heterocycles. The largest absolute Gasteiger partial charge is 0.311 e. The molecule has 0 radical (unpaired) electrons. The molecule has 1 aromatic heterocycles. The van der Waals surface area contributed by atoms with Crippen molar-refractivity contribution in [3.63, 3.8) is 0 Å². The molecule has 2 atom stereocenters. The van der Waals surface area contributed by atoms with E-state index in [-0.39, 0.29) is 0 Å². The highest BCUT2D eigenvalue weighted by Gasteiger charge is 2.50. The zero-order valence-electron chi connectivity index (χ0n) is 12.5. The van der Waals surface area contributed by atoms with Gasteiger partial charge in [0.2, 0.25) is 0 Å². The molecule has 0 spiro atoms. The first-order valence-electron chi connectivity index (χ1n) is 7.99. The quantitative estimate of drug-likeness (QED) is 0.896. The van der Waals surface area contributed by atoms with Crippen LogP contribution in [0.5, 0.6) is 0 Å². The highest BCUT2D eigenvalue weighted by atomic mass is 15.4. The third-order valence-corrected chi connectivity index (χ3v) is 5.51. The topological polar surface area (TPSA) is 46.0 Å². The Morgan fingerprint density at radius 2 is 2.15 bits per heavy atom. The molecule has 5 nitrogen and oxygen atoms in total. The van der Waals surface area contributed by atoms with Gasteiger partial charge in [-0.05, 0) is 44.4 Å². The van der Waals surface area contributed by atoms with Crippen molar-refractivity contribution in [3.05, 3.63) is 11.9 Å². The highest BCUT2D eigenvalue weighted by Crippen LogP contribution is 2.46. The summed E-state index contributed by atoms with van der Waals surface area (Å²) in [7, 11) is 1.95. The summed E-state index contributed by atoms with van der Waals surface area (Å²) >= 11 is 0. The van der Waals surface area contributed by atoms with E-state index in [1.54, 1.807) is 0 Å². The van der Waals surface area contributed by atoms with Gasteiger partial charge in [0.25, 0.3) is 0 Å². The van der Waals surface area contributed by atoms with Gasteiger partial charge in [-0.3, -0.25) is 9.58 Å². The smallest absolute Gasteiger partial charge is 0.0967 e. The molecular weight excluding hydrogens is 250 g/mol. The first-order chi connectivity index (χ1) is 9.65. The summed E-state index contributed by atoms with van der Waals surface area (Å²) in [6.45, 7) is 5.70. The fourth-order valence-corrected chi connectivity index (χ4v) is 3.79. The minimum Gasteiger partial charge on any atom is -0.311 e. The van der Waals surface area contributed by atoms with Crippen LogP contribution in [0.4, 0.5) is 0 Å². The standard InChI is InChI=1S/C15H25N5/c1-15(12-5-6-12)10-16-14(11-3-4-11)9-20(15)8-13-7-19(2)18-17-13/h7,11-12,14,16H,3-6,8-10H2,1-2H3. The number of hydrogen-bond acceptors (Lipinski definition) is 4. The summed E-state index contributed by atoms with van der Waals surface area (Å²) < 4.78 is 1.81. The second kappa shape index (κ2) is 4.53. The normalized spacial score (nSPS) is 35.4. The van der Waals surface area contributed by atoms with Crippen molar-refractivity contribution in [2.45, 2.75) is 50.7 Å². The van der Waals surface area contributed by atoms with E-state index in [2.05, 4.69) is 33.6 Å². The zero-order chi connectivity index (χ0) is 13.7. The number of piperazine rings is 1. The van der Waals surface area contributed by atoms with E-state index < -0.39 is 0 Å². The predicted octanol–water partition coefficient (Wildman–Crippen LogP) is 1.17. The molecule has 2 heterocycles. The van der Waals surface area contributed by atoms with Crippen molar-refractivity contribution >= 4 is 0 Å². The molecule has 20 heavy (non-hydrogen) atoms. The van der Waals surface area contributed by atoms with Crippen LogP contribution >= 0.6 is 0 Å². The Bertz CT molecular complexity index is 490. The van der Waals surface area contributed by atoms with Gasteiger partial charge >= 0.3 is 0 Å². The Kier molecular flexibility index (Phi) is 2.89. The summed E-state index contributed by atoms with van der Waals surface area (Å²) in [6, 6.07) is 0.693. The second-order valence-electron chi connectivity index (χ2n) is 7.22. The maximum Gasteiger partial charge on any atom is 0.0967 e. The van der Waals surface area contributed by atoms with Crippen molar-refractivity contribution in [1.29, 1.82) is 0 Å². The lowest BCUT2D eigenvalue weighted by atomic mass is 9.88.